The van der Waals surface area contributed by atoms with Crippen LogP contribution in [0.3, 0.4) is 0 Å². The largest absolute Gasteiger partial charge is 0.390 e. The fraction of sp³-hybridized carbons (Fsp3) is 0.400. The van der Waals surface area contributed by atoms with Crippen LogP contribution in [0.4, 0.5) is 13.2 Å². The number of benzene rings is 1. The molecule has 0 unspecified atom stereocenters. The van der Waals surface area contributed by atoms with Crippen molar-refractivity contribution in [3.8, 4) is 0 Å². The Labute approximate surface area is 117 Å². The van der Waals surface area contributed by atoms with Crippen LogP contribution in [0, 0.1) is 0 Å². The van der Waals surface area contributed by atoms with Gasteiger partial charge in [-0.1, -0.05) is 6.07 Å². The summed E-state index contributed by atoms with van der Waals surface area (Å²) in [4.78, 5) is -0.127. The van der Waals surface area contributed by atoms with Gasteiger partial charge in [0, 0.05) is 17.6 Å². The van der Waals surface area contributed by atoms with Gasteiger partial charge in [-0.25, -0.2) is 13.1 Å². The van der Waals surface area contributed by atoms with Crippen molar-refractivity contribution in [1.82, 2.24) is 4.72 Å². The van der Waals surface area contributed by atoms with Gasteiger partial charge in [-0.05, 0) is 33.6 Å². The maximum atomic E-state index is 12.0. The highest BCUT2D eigenvalue weighted by Crippen LogP contribution is 2.24. The van der Waals surface area contributed by atoms with Gasteiger partial charge in [0.05, 0.1) is 11.3 Å². The molecule has 0 fully saturated rings. The molecule has 19 heavy (non-hydrogen) atoms. The van der Waals surface area contributed by atoms with Crippen LogP contribution in [0.15, 0.2) is 27.6 Å². The summed E-state index contributed by atoms with van der Waals surface area (Å²) in [6, 6.07) is 4.43. The molecule has 3 N–H and O–H groups in total. The van der Waals surface area contributed by atoms with E-state index in [1.807, 2.05) is 4.72 Å². The Bertz CT molecular complexity index is 546. The third kappa shape index (κ3) is 5.09. The van der Waals surface area contributed by atoms with E-state index in [-0.39, 0.29) is 15.9 Å². The second-order valence-electron chi connectivity index (χ2n) is 3.73. The zero-order valence-corrected chi connectivity index (χ0v) is 12.1. The quantitative estimate of drug-likeness (QED) is 0.844. The van der Waals surface area contributed by atoms with Gasteiger partial charge in [-0.15, -0.1) is 0 Å². The fourth-order valence-electron chi connectivity index (χ4n) is 1.29. The molecular weight excluding hydrogens is 349 g/mol. The van der Waals surface area contributed by atoms with Gasteiger partial charge in [0.25, 0.3) is 0 Å². The van der Waals surface area contributed by atoms with Crippen LogP contribution < -0.4 is 10.5 Å². The van der Waals surface area contributed by atoms with E-state index in [2.05, 4.69) is 15.9 Å². The summed E-state index contributed by atoms with van der Waals surface area (Å²) >= 11 is 3.04. The molecule has 108 valence electrons. The summed E-state index contributed by atoms with van der Waals surface area (Å²) in [6.45, 7) is -0.566. The van der Waals surface area contributed by atoms with Crippen LogP contribution >= 0.6 is 15.9 Å². The second kappa shape index (κ2) is 6.21. The van der Waals surface area contributed by atoms with Crippen LogP contribution in [0.2, 0.25) is 0 Å². The minimum Gasteiger partial charge on any atom is -0.326 e. The molecule has 0 saturated heterocycles. The minimum atomic E-state index is -4.40. The average molecular weight is 361 g/mol. The zero-order valence-electron chi connectivity index (χ0n) is 9.67. The number of rotatable bonds is 5. The lowest BCUT2D eigenvalue weighted by atomic mass is 10.2. The third-order valence-electron chi connectivity index (χ3n) is 2.22. The molecule has 0 spiro atoms. The summed E-state index contributed by atoms with van der Waals surface area (Å²) in [5, 5.41) is 0. The highest BCUT2D eigenvalue weighted by Gasteiger charge is 2.28. The highest BCUT2D eigenvalue weighted by molar-refractivity contribution is 9.10. The van der Waals surface area contributed by atoms with Crippen molar-refractivity contribution in [3.63, 3.8) is 0 Å². The Kier molecular flexibility index (Phi) is 5.36. The molecule has 0 amide bonds. The topological polar surface area (TPSA) is 72.2 Å². The molecule has 9 heteroatoms. The van der Waals surface area contributed by atoms with E-state index in [1.54, 1.807) is 6.07 Å². The van der Waals surface area contributed by atoms with Crippen molar-refractivity contribution in [1.29, 1.82) is 0 Å². The number of hydrogen-bond acceptors (Lipinski definition) is 3. The molecule has 0 bridgehead atoms. The predicted octanol–water partition coefficient (Wildman–Crippen LogP) is 2.14. The lowest BCUT2D eigenvalue weighted by molar-refractivity contribution is -0.132. The summed E-state index contributed by atoms with van der Waals surface area (Å²) < 4.78 is 61.8. The molecular formula is C10H12BrF3N2O2S. The Hall–Kier alpha value is -0.640. The summed E-state index contributed by atoms with van der Waals surface area (Å²) in [5.74, 6) is 0. The number of hydrogen-bond donors (Lipinski definition) is 2. The lowest BCUT2D eigenvalue weighted by Crippen LogP contribution is -2.28. The Morgan fingerprint density at radius 1 is 1.32 bits per heavy atom. The van der Waals surface area contributed by atoms with E-state index >= 15 is 0 Å². The molecule has 4 nitrogen and oxygen atoms in total. The number of halogens is 4. The van der Waals surface area contributed by atoms with Crippen molar-refractivity contribution in [2.45, 2.75) is 24.0 Å². The molecule has 0 aliphatic heterocycles. The van der Waals surface area contributed by atoms with Gasteiger partial charge in [-0.2, -0.15) is 13.2 Å². The molecule has 1 aromatic rings. The first kappa shape index (κ1) is 16.4. The molecule has 1 aromatic carbocycles. The Morgan fingerprint density at radius 3 is 2.47 bits per heavy atom. The van der Waals surface area contributed by atoms with Crippen LogP contribution in [0.1, 0.15) is 12.0 Å². The number of nitrogens with one attached hydrogen (secondary N) is 1. The SMILES string of the molecule is NCc1ccc(Br)c(S(=O)(=O)NCCC(F)(F)F)c1. The van der Waals surface area contributed by atoms with Crippen LogP contribution in [-0.4, -0.2) is 21.1 Å². The summed E-state index contributed by atoms with van der Waals surface area (Å²) in [6.07, 6.45) is -5.63. The van der Waals surface area contributed by atoms with Gasteiger partial charge in [0.1, 0.15) is 0 Å². The molecule has 0 aliphatic carbocycles. The van der Waals surface area contributed by atoms with Crippen LogP contribution in [0.5, 0.6) is 0 Å². The third-order valence-corrected chi connectivity index (χ3v) is 4.68. The van der Waals surface area contributed by atoms with Gasteiger partial charge in [0.15, 0.2) is 0 Å². The maximum absolute atomic E-state index is 12.0. The first-order chi connectivity index (χ1) is 8.65. The molecule has 0 atom stereocenters. The van der Waals surface area contributed by atoms with E-state index in [4.69, 9.17) is 5.73 Å². The van der Waals surface area contributed by atoms with Crippen molar-refractivity contribution < 1.29 is 21.6 Å². The van der Waals surface area contributed by atoms with Gasteiger partial charge in [0.2, 0.25) is 10.0 Å². The number of nitrogens with two attached hydrogens (primary N) is 1. The standard InChI is InChI=1S/C10H12BrF3N2O2S/c11-8-2-1-7(6-15)5-9(8)19(17,18)16-4-3-10(12,13)14/h1-2,5,16H,3-4,6,15H2. The molecule has 0 saturated carbocycles. The monoisotopic (exact) mass is 360 g/mol. The van der Waals surface area contributed by atoms with Gasteiger partial charge < -0.3 is 5.73 Å². The van der Waals surface area contributed by atoms with Crippen molar-refractivity contribution in [2.75, 3.05) is 6.54 Å². The first-order valence-electron chi connectivity index (χ1n) is 5.20. The molecule has 0 heterocycles. The fourth-order valence-corrected chi connectivity index (χ4v) is 3.33. The minimum absolute atomic E-state index is 0.127. The Balaban J connectivity index is 2.88. The molecule has 0 radical (unpaired) electrons. The van der Waals surface area contributed by atoms with E-state index < -0.39 is 29.2 Å². The first-order valence-corrected chi connectivity index (χ1v) is 7.48. The maximum Gasteiger partial charge on any atom is 0.390 e. The van der Waals surface area contributed by atoms with Gasteiger partial charge in [-0.3, -0.25) is 0 Å². The second-order valence-corrected chi connectivity index (χ2v) is 6.32. The number of sulfonamides is 1. The highest BCUT2D eigenvalue weighted by atomic mass is 79.9. The molecule has 0 aliphatic rings. The lowest BCUT2D eigenvalue weighted by Gasteiger charge is -2.11. The Morgan fingerprint density at radius 2 is 1.95 bits per heavy atom. The van der Waals surface area contributed by atoms with Crippen LogP contribution in [0.25, 0.3) is 0 Å². The average Bonchev–Trinajstić information content (AvgIpc) is 2.27. The van der Waals surface area contributed by atoms with E-state index in [0.29, 0.717) is 5.56 Å². The van der Waals surface area contributed by atoms with Crippen molar-refractivity contribution >= 4 is 26.0 Å². The number of alkyl halides is 3. The predicted molar refractivity (Wildman–Crippen MR) is 67.9 cm³/mol. The van der Waals surface area contributed by atoms with Crippen molar-refractivity contribution in [3.05, 3.63) is 28.2 Å². The van der Waals surface area contributed by atoms with Crippen LogP contribution in [-0.2, 0) is 16.6 Å². The van der Waals surface area contributed by atoms with E-state index in [1.165, 1.54) is 12.1 Å². The van der Waals surface area contributed by atoms with Crippen molar-refractivity contribution in [2.24, 2.45) is 5.73 Å². The molecule has 1 rings (SSSR count). The van der Waals surface area contributed by atoms with E-state index in [0.717, 1.165) is 0 Å². The summed E-state index contributed by atoms with van der Waals surface area (Å²) in [7, 11) is -4.00. The zero-order chi connectivity index (χ0) is 14.7. The molecule has 0 aromatic heterocycles. The smallest absolute Gasteiger partial charge is 0.326 e. The normalized spacial score (nSPS) is 12.7. The van der Waals surface area contributed by atoms with Gasteiger partial charge >= 0.3 is 6.18 Å². The van der Waals surface area contributed by atoms with E-state index in [9.17, 15) is 21.6 Å². The summed E-state index contributed by atoms with van der Waals surface area (Å²) in [5.41, 5.74) is 5.96.